The van der Waals surface area contributed by atoms with Gasteiger partial charge in [-0.25, -0.2) is 4.98 Å². The van der Waals surface area contributed by atoms with Crippen LogP contribution in [-0.4, -0.2) is 65.0 Å². The van der Waals surface area contributed by atoms with Crippen molar-refractivity contribution in [2.24, 2.45) is 0 Å². The van der Waals surface area contributed by atoms with Gasteiger partial charge >= 0.3 is 0 Å². The number of amides is 1. The van der Waals surface area contributed by atoms with Crippen molar-refractivity contribution in [1.29, 1.82) is 0 Å². The molecule has 3 rings (SSSR count). The third-order valence-corrected chi connectivity index (χ3v) is 4.41. The third-order valence-electron chi connectivity index (χ3n) is 4.41. The Bertz CT molecular complexity index is 610. The van der Waals surface area contributed by atoms with Crippen LogP contribution >= 0.6 is 0 Å². The van der Waals surface area contributed by atoms with E-state index in [4.69, 9.17) is 4.74 Å². The van der Waals surface area contributed by atoms with Crippen LogP contribution in [0.4, 0.5) is 0 Å². The molecule has 2 saturated heterocycles. The molecule has 7 heteroatoms. The molecule has 0 spiro atoms. The Balaban J connectivity index is 1.61. The number of aryl methyl sites for hydroxylation is 1. The maximum absolute atomic E-state index is 12.4. The Morgan fingerprint density at radius 3 is 2.87 bits per heavy atom. The van der Waals surface area contributed by atoms with Crippen molar-refractivity contribution >= 4 is 5.91 Å². The first-order valence-corrected chi connectivity index (χ1v) is 8.31. The first kappa shape index (κ1) is 16.1. The minimum Gasteiger partial charge on any atom is -0.368 e. The van der Waals surface area contributed by atoms with Crippen molar-refractivity contribution in [2.75, 3.05) is 39.3 Å². The number of morpholine rings is 1. The van der Waals surface area contributed by atoms with E-state index in [0.717, 1.165) is 32.5 Å². The normalized spacial score (nSPS) is 23.0. The fourth-order valence-electron chi connectivity index (χ4n) is 3.20. The highest BCUT2D eigenvalue weighted by Gasteiger charge is 2.27. The smallest absolute Gasteiger partial charge is 0.251 e. The minimum absolute atomic E-state index is 0.169. The molecule has 0 aromatic carbocycles. The lowest BCUT2D eigenvalue weighted by molar-refractivity contribution is -0.135. The second-order valence-electron chi connectivity index (χ2n) is 6.31. The quantitative estimate of drug-likeness (QED) is 0.875. The maximum atomic E-state index is 12.4. The van der Waals surface area contributed by atoms with E-state index in [0.29, 0.717) is 31.2 Å². The first-order chi connectivity index (χ1) is 11.1. The number of carbonyl (C=O) groups excluding carboxylic acids is 1. The predicted molar refractivity (Wildman–Crippen MR) is 85.2 cm³/mol. The Hall–Kier alpha value is -1.73. The lowest BCUT2D eigenvalue weighted by atomic mass is 10.1. The predicted octanol–water partition coefficient (Wildman–Crippen LogP) is 0.464. The molecule has 3 heterocycles. The van der Waals surface area contributed by atoms with E-state index in [1.807, 2.05) is 4.90 Å². The summed E-state index contributed by atoms with van der Waals surface area (Å²) in [5.41, 5.74) is 0.506. The number of hydrogen-bond donors (Lipinski definition) is 1. The van der Waals surface area contributed by atoms with E-state index in [9.17, 15) is 9.59 Å². The number of piperidine rings is 1. The number of nitrogens with zero attached hydrogens (tertiary/aromatic N) is 3. The summed E-state index contributed by atoms with van der Waals surface area (Å²) in [6.45, 7) is 5.79. The van der Waals surface area contributed by atoms with Gasteiger partial charge in [-0.1, -0.05) is 0 Å². The van der Waals surface area contributed by atoms with E-state index in [1.165, 1.54) is 12.5 Å². The van der Waals surface area contributed by atoms with Crippen LogP contribution in [0.3, 0.4) is 0 Å². The highest BCUT2D eigenvalue weighted by molar-refractivity contribution is 5.78. The van der Waals surface area contributed by atoms with Gasteiger partial charge in [0.25, 0.3) is 5.56 Å². The van der Waals surface area contributed by atoms with Crippen molar-refractivity contribution in [1.82, 2.24) is 19.8 Å². The topological polar surface area (TPSA) is 78.5 Å². The molecule has 2 aliphatic heterocycles. The molecule has 2 fully saturated rings. The van der Waals surface area contributed by atoms with Crippen LogP contribution in [0, 0.1) is 6.92 Å². The van der Waals surface area contributed by atoms with Gasteiger partial charge in [-0.05, 0) is 26.2 Å². The Labute approximate surface area is 135 Å². The summed E-state index contributed by atoms with van der Waals surface area (Å²) in [4.78, 5) is 35.1. The van der Waals surface area contributed by atoms with Crippen LogP contribution in [0.1, 0.15) is 36.9 Å². The standard InChI is InChI=1S/C16H24N4O3/c1-12-9-14(21)18-16(17-12)13-10-19(7-8-23-13)11-15(22)20-5-3-2-4-6-20/h9,13H,2-8,10-11H2,1H3,(H,17,18,21). The van der Waals surface area contributed by atoms with Crippen LogP contribution in [0.2, 0.25) is 0 Å². The summed E-state index contributed by atoms with van der Waals surface area (Å²) in [5.74, 6) is 0.737. The minimum atomic E-state index is -0.287. The summed E-state index contributed by atoms with van der Waals surface area (Å²) < 4.78 is 5.73. The molecule has 1 aromatic heterocycles. The van der Waals surface area contributed by atoms with E-state index in [-0.39, 0.29) is 17.6 Å². The van der Waals surface area contributed by atoms with Crippen molar-refractivity contribution in [3.05, 3.63) is 27.9 Å². The number of carbonyl (C=O) groups is 1. The largest absolute Gasteiger partial charge is 0.368 e. The molecule has 1 amide bonds. The highest BCUT2D eigenvalue weighted by atomic mass is 16.5. The molecule has 126 valence electrons. The number of H-pyrrole nitrogens is 1. The average molecular weight is 320 g/mol. The summed E-state index contributed by atoms with van der Waals surface area (Å²) in [5, 5.41) is 0. The lowest BCUT2D eigenvalue weighted by Crippen LogP contribution is -2.47. The van der Waals surface area contributed by atoms with Crippen LogP contribution in [0.25, 0.3) is 0 Å². The first-order valence-electron chi connectivity index (χ1n) is 8.31. The zero-order valence-corrected chi connectivity index (χ0v) is 13.6. The van der Waals surface area contributed by atoms with Crippen molar-refractivity contribution in [2.45, 2.75) is 32.3 Å². The molecule has 1 aromatic rings. The molecular weight excluding hydrogens is 296 g/mol. The average Bonchev–Trinajstić information content (AvgIpc) is 2.55. The second kappa shape index (κ2) is 7.23. The van der Waals surface area contributed by atoms with Crippen molar-refractivity contribution in [3.63, 3.8) is 0 Å². The number of ether oxygens (including phenoxy) is 1. The highest BCUT2D eigenvalue weighted by Crippen LogP contribution is 2.19. The van der Waals surface area contributed by atoms with Gasteiger partial charge in [-0.2, -0.15) is 0 Å². The van der Waals surface area contributed by atoms with Gasteiger partial charge in [0.1, 0.15) is 11.9 Å². The zero-order valence-electron chi connectivity index (χ0n) is 13.6. The summed E-state index contributed by atoms with van der Waals surface area (Å²) >= 11 is 0. The number of nitrogens with one attached hydrogen (secondary N) is 1. The van der Waals surface area contributed by atoms with Gasteiger partial charge < -0.3 is 14.6 Å². The Morgan fingerprint density at radius 1 is 1.35 bits per heavy atom. The van der Waals surface area contributed by atoms with Gasteiger partial charge in [-0.15, -0.1) is 0 Å². The fourth-order valence-corrected chi connectivity index (χ4v) is 3.20. The van der Waals surface area contributed by atoms with Crippen LogP contribution in [-0.2, 0) is 9.53 Å². The van der Waals surface area contributed by atoms with Crippen LogP contribution < -0.4 is 5.56 Å². The fraction of sp³-hybridized carbons (Fsp3) is 0.688. The maximum Gasteiger partial charge on any atom is 0.251 e. The third kappa shape index (κ3) is 4.17. The molecular formula is C16H24N4O3. The molecule has 0 bridgehead atoms. The summed E-state index contributed by atoms with van der Waals surface area (Å²) in [6.07, 6.45) is 3.14. The number of hydrogen-bond acceptors (Lipinski definition) is 5. The molecule has 0 radical (unpaired) electrons. The molecule has 1 N–H and O–H groups in total. The monoisotopic (exact) mass is 320 g/mol. The lowest BCUT2D eigenvalue weighted by Gasteiger charge is -2.34. The van der Waals surface area contributed by atoms with E-state index in [1.54, 1.807) is 6.92 Å². The van der Waals surface area contributed by atoms with Crippen LogP contribution in [0.15, 0.2) is 10.9 Å². The van der Waals surface area contributed by atoms with Crippen molar-refractivity contribution in [3.8, 4) is 0 Å². The molecule has 1 atom stereocenters. The van der Waals surface area contributed by atoms with Crippen LogP contribution in [0.5, 0.6) is 0 Å². The number of aromatic nitrogens is 2. The summed E-state index contributed by atoms with van der Waals surface area (Å²) in [6, 6.07) is 1.46. The number of aromatic amines is 1. The van der Waals surface area contributed by atoms with Gasteiger partial charge in [0, 0.05) is 37.9 Å². The molecule has 7 nitrogen and oxygen atoms in total. The zero-order chi connectivity index (χ0) is 16.2. The Morgan fingerprint density at radius 2 is 2.13 bits per heavy atom. The van der Waals surface area contributed by atoms with E-state index >= 15 is 0 Å². The molecule has 1 unspecified atom stereocenters. The number of likely N-dealkylation sites (tertiary alicyclic amines) is 1. The van der Waals surface area contributed by atoms with Gasteiger partial charge in [0.2, 0.25) is 5.91 Å². The molecule has 23 heavy (non-hydrogen) atoms. The molecule has 0 saturated carbocycles. The van der Waals surface area contributed by atoms with Crippen molar-refractivity contribution < 1.29 is 9.53 Å². The Kier molecular flexibility index (Phi) is 5.07. The second-order valence-corrected chi connectivity index (χ2v) is 6.31. The van der Waals surface area contributed by atoms with Gasteiger partial charge in [-0.3, -0.25) is 14.5 Å². The SMILES string of the molecule is Cc1cc(=O)[nH]c(C2CN(CC(=O)N3CCCCC3)CCO2)n1. The molecule has 0 aliphatic carbocycles. The van der Waals surface area contributed by atoms with E-state index < -0.39 is 0 Å². The van der Waals surface area contributed by atoms with E-state index in [2.05, 4.69) is 14.9 Å². The molecule has 2 aliphatic rings. The summed E-state index contributed by atoms with van der Waals surface area (Å²) in [7, 11) is 0. The number of rotatable bonds is 3. The van der Waals surface area contributed by atoms with Gasteiger partial charge in [0.15, 0.2) is 0 Å². The van der Waals surface area contributed by atoms with Gasteiger partial charge in [0.05, 0.1) is 13.2 Å².